The highest BCUT2D eigenvalue weighted by Gasteiger charge is 2.44. The zero-order valence-corrected chi connectivity index (χ0v) is 21.8. The molecule has 2 aromatic carbocycles. The first kappa shape index (κ1) is 25.4. The SMILES string of the molecule is O=C(CNC[C@H]1O[C@@H](n2cc(Cc3ccc(C4CC4)cc3)c3ccccc32)[C@H](O)[C@@H](O)[C@@H]1O)c1cccs1. The van der Waals surface area contributed by atoms with Crippen molar-refractivity contribution < 1.29 is 24.9 Å². The normalized spacial score (nSPS) is 25.6. The highest BCUT2D eigenvalue weighted by molar-refractivity contribution is 7.12. The number of fused-ring (bicyclic) bond motifs is 1. The molecule has 6 rings (SSSR count). The summed E-state index contributed by atoms with van der Waals surface area (Å²) in [5.74, 6) is 0.669. The van der Waals surface area contributed by atoms with Crippen LogP contribution in [0.1, 0.15) is 51.3 Å². The number of aromatic nitrogens is 1. The molecule has 0 amide bonds. The van der Waals surface area contributed by atoms with Crippen molar-refractivity contribution in [1.82, 2.24) is 9.88 Å². The van der Waals surface area contributed by atoms with E-state index in [9.17, 15) is 20.1 Å². The first-order valence-electron chi connectivity index (χ1n) is 13.1. The number of para-hydroxylation sites is 1. The molecule has 0 unspecified atom stereocenters. The van der Waals surface area contributed by atoms with E-state index in [4.69, 9.17) is 4.74 Å². The minimum Gasteiger partial charge on any atom is -0.388 e. The molecule has 7 nitrogen and oxygen atoms in total. The number of carbonyl (C=O) groups excluding carboxylic acids is 1. The summed E-state index contributed by atoms with van der Waals surface area (Å²) in [6, 6.07) is 20.3. The smallest absolute Gasteiger partial charge is 0.186 e. The third kappa shape index (κ3) is 5.08. The van der Waals surface area contributed by atoms with Crippen molar-refractivity contribution in [3.05, 3.63) is 93.8 Å². The average Bonchev–Trinajstić information content (AvgIpc) is 3.51. The van der Waals surface area contributed by atoms with E-state index in [1.165, 1.54) is 35.3 Å². The summed E-state index contributed by atoms with van der Waals surface area (Å²) in [7, 11) is 0. The Morgan fingerprint density at radius 3 is 2.50 bits per heavy atom. The quantitative estimate of drug-likeness (QED) is 0.246. The van der Waals surface area contributed by atoms with Crippen LogP contribution < -0.4 is 5.32 Å². The van der Waals surface area contributed by atoms with Crippen molar-refractivity contribution in [2.24, 2.45) is 0 Å². The average molecular weight is 533 g/mol. The van der Waals surface area contributed by atoms with Gasteiger partial charge in [0, 0.05) is 18.1 Å². The molecule has 0 radical (unpaired) electrons. The predicted octanol–water partition coefficient (Wildman–Crippen LogP) is 3.62. The van der Waals surface area contributed by atoms with Gasteiger partial charge in [0.1, 0.15) is 24.4 Å². The van der Waals surface area contributed by atoms with E-state index >= 15 is 0 Å². The molecule has 38 heavy (non-hydrogen) atoms. The lowest BCUT2D eigenvalue weighted by Gasteiger charge is -2.41. The first-order valence-corrected chi connectivity index (χ1v) is 14.0. The Balaban J connectivity index is 1.21. The van der Waals surface area contributed by atoms with Gasteiger partial charge in [0.25, 0.3) is 0 Å². The monoisotopic (exact) mass is 532 g/mol. The van der Waals surface area contributed by atoms with Crippen LogP contribution in [0.25, 0.3) is 10.9 Å². The molecule has 4 aromatic rings. The second-order valence-corrected chi connectivity index (χ2v) is 11.3. The van der Waals surface area contributed by atoms with Crippen LogP contribution in [0.5, 0.6) is 0 Å². The van der Waals surface area contributed by atoms with Gasteiger partial charge >= 0.3 is 0 Å². The van der Waals surface area contributed by atoms with Crippen molar-refractivity contribution in [2.45, 2.75) is 55.8 Å². The molecule has 3 heterocycles. The van der Waals surface area contributed by atoms with Gasteiger partial charge in [0.15, 0.2) is 12.0 Å². The van der Waals surface area contributed by atoms with Crippen molar-refractivity contribution in [2.75, 3.05) is 13.1 Å². The molecule has 8 heteroatoms. The third-order valence-electron chi connectivity index (χ3n) is 7.63. The maximum Gasteiger partial charge on any atom is 0.186 e. The summed E-state index contributed by atoms with van der Waals surface area (Å²) < 4.78 is 8.05. The molecular formula is C30H32N2O5S. The number of carbonyl (C=O) groups is 1. The van der Waals surface area contributed by atoms with Crippen LogP contribution in [0.3, 0.4) is 0 Å². The van der Waals surface area contributed by atoms with E-state index in [2.05, 4.69) is 35.6 Å². The number of ether oxygens (including phenoxy) is 1. The highest BCUT2D eigenvalue weighted by Crippen LogP contribution is 2.40. The molecule has 2 aliphatic rings. The number of nitrogens with one attached hydrogen (secondary N) is 1. The number of ketones is 1. The standard InChI is InChI=1S/C30H32N2O5S/c33-24(26-6-3-13-38-26)15-31-16-25-27(34)28(35)29(36)30(37-25)32-17-21(22-4-1-2-5-23(22)32)14-18-7-9-19(10-8-18)20-11-12-20/h1-10,13,17,20,25,27-31,34-36H,11-12,14-16H2/t25-,27-,28+,29-,30-/m1/s1. The number of thiophene rings is 1. The number of Topliss-reactive ketones (excluding diaryl/α,β-unsaturated/α-hetero) is 1. The Hall–Kier alpha value is -2.85. The first-order chi connectivity index (χ1) is 18.5. The summed E-state index contributed by atoms with van der Waals surface area (Å²) in [4.78, 5) is 13.0. The second kappa shape index (κ2) is 10.7. The van der Waals surface area contributed by atoms with Crippen LogP contribution in [0.4, 0.5) is 0 Å². The zero-order valence-electron chi connectivity index (χ0n) is 20.9. The topological polar surface area (TPSA) is 104 Å². The van der Waals surface area contributed by atoms with E-state index in [1.807, 2.05) is 40.4 Å². The molecular weight excluding hydrogens is 500 g/mol. The summed E-state index contributed by atoms with van der Waals surface area (Å²) >= 11 is 1.38. The number of hydrogen-bond donors (Lipinski definition) is 4. The summed E-state index contributed by atoms with van der Waals surface area (Å²) in [6.07, 6.45) is -0.471. The van der Waals surface area contributed by atoms with Crippen LogP contribution in [0.15, 0.2) is 72.2 Å². The van der Waals surface area contributed by atoms with Crippen molar-refractivity contribution in [3.63, 3.8) is 0 Å². The molecule has 5 atom stereocenters. The van der Waals surface area contributed by atoms with Crippen molar-refractivity contribution >= 4 is 28.0 Å². The molecule has 198 valence electrons. The lowest BCUT2D eigenvalue weighted by molar-refractivity contribution is -0.242. The maximum absolute atomic E-state index is 12.3. The van der Waals surface area contributed by atoms with Gasteiger partial charge in [-0.05, 0) is 59.4 Å². The summed E-state index contributed by atoms with van der Waals surface area (Å²) in [5.41, 5.74) is 4.58. The van der Waals surface area contributed by atoms with Gasteiger partial charge in [0.05, 0.1) is 16.9 Å². The van der Waals surface area contributed by atoms with Crippen LogP contribution >= 0.6 is 11.3 Å². The van der Waals surface area contributed by atoms with Crippen LogP contribution in [0.2, 0.25) is 0 Å². The van der Waals surface area contributed by atoms with Crippen molar-refractivity contribution in [3.8, 4) is 0 Å². The van der Waals surface area contributed by atoms with Crippen molar-refractivity contribution in [1.29, 1.82) is 0 Å². The van der Waals surface area contributed by atoms with E-state index in [1.54, 1.807) is 6.07 Å². The minimum atomic E-state index is -1.40. The van der Waals surface area contributed by atoms with Gasteiger partial charge in [0.2, 0.25) is 0 Å². The zero-order chi connectivity index (χ0) is 26.2. The van der Waals surface area contributed by atoms with Gasteiger partial charge in [-0.3, -0.25) is 4.79 Å². The largest absolute Gasteiger partial charge is 0.388 e. The summed E-state index contributed by atoms with van der Waals surface area (Å²) in [6.45, 7) is 0.241. The van der Waals surface area contributed by atoms with E-state index in [0.29, 0.717) is 10.8 Å². The Morgan fingerprint density at radius 2 is 1.76 bits per heavy atom. The molecule has 2 aromatic heterocycles. The van der Waals surface area contributed by atoms with Gasteiger partial charge in [-0.25, -0.2) is 0 Å². The van der Waals surface area contributed by atoms with Crippen LogP contribution in [-0.4, -0.2) is 63.2 Å². The molecule has 1 saturated carbocycles. The fraction of sp³-hybridized carbons (Fsp3) is 0.367. The fourth-order valence-corrected chi connectivity index (χ4v) is 6.02. The van der Waals surface area contributed by atoms with Gasteiger partial charge in [-0.1, -0.05) is 48.5 Å². The number of hydrogen-bond acceptors (Lipinski definition) is 7. The van der Waals surface area contributed by atoms with Gasteiger partial charge in [-0.2, -0.15) is 0 Å². The predicted molar refractivity (Wildman–Crippen MR) is 147 cm³/mol. The number of benzene rings is 2. The highest BCUT2D eigenvalue weighted by atomic mass is 32.1. The third-order valence-corrected chi connectivity index (χ3v) is 8.55. The molecule has 0 spiro atoms. The number of nitrogens with zero attached hydrogens (tertiary/aromatic N) is 1. The molecule has 1 saturated heterocycles. The lowest BCUT2D eigenvalue weighted by Crippen LogP contribution is -2.58. The Kier molecular flexibility index (Phi) is 7.18. The van der Waals surface area contributed by atoms with Crippen LogP contribution in [-0.2, 0) is 11.2 Å². The van der Waals surface area contributed by atoms with E-state index in [-0.39, 0.29) is 18.9 Å². The fourth-order valence-electron chi connectivity index (χ4n) is 5.35. The number of rotatable bonds is 9. The Bertz CT molecular complexity index is 1400. The Morgan fingerprint density at radius 1 is 0.974 bits per heavy atom. The van der Waals surface area contributed by atoms with Crippen LogP contribution in [0, 0.1) is 0 Å². The Labute approximate surface area is 225 Å². The minimum absolute atomic E-state index is 0.0476. The molecule has 1 aliphatic heterocycles. The second-order valence-electron chi connectivity index (χ2n) is 10.3. The van der Waals surface area contributed by atoms with Gasteiger partial charge < -0.3 is 29.9 Å². The van der Waals surface area contributed by atoms with Gasteiger partial charge in [-0.15, -0.1) is 11.3 Å². The number of aliphatic hydroxyl groups is 3. The summed E-state index contributed by atoms with van der Waals surface area (Å²) in [5, 5.41) is 38.2. The molecule has 4 N–H and O–H groups in total. The van der Waals surface area contributed by atoms with E-state index < -0.39 is 30.6 Å². The van der Waals surface area contributed by atoms with E-state index in [0.717, 1.165) is 22.9 Å². The number of aliphatic hydroxyl groups excluding tert-OH is 3. The maximum atomic E-state index is 12.3. The lowest BCUT2D eigenvalue weighted by atomic mass is 9.97. The molecule has 2 fully saturated rings. The molecule has 1 aliphatic carbocycles. The molecule has 0 bridgehead atoms.